The van der Waals surface area contributed by atoms with Gasteiger partial charge in [-0.05, 0) is 38.8 Å². The Labute approximate surface area is 130 Å². The van der Waals surface area contributed by atoms with Crippen molar-refractivity contribution in [3.8, 4) is 0 Å². The molecule has 1 aliphatic rings. The number of aromatic nitrogens is 1. The van der Waals surface area contributed by atoms with Gasteiger partial charge in [0.05, 0.1) is 5.69 Å². The number of anilines is 1. The predicted octanol–water partition coefficient (Wildman–Crippen LogP) is 2.65. The van der Waals surface area contributed by atoms with E-state index in [-0.39, 0.29) is 5.41 Å². The van der Waals surface area contributed by atoms with Gasteiger partial charge < -0.3 is 15.3 Å². The van der Waals surface area contributed by atoms with Gasteiger partial charge in [-0.3, -0.25) is 4.79 Å². The van der Waals surface area contributed by atoms with Gasteiger partial charge >= 0.3 is 5.97 Å². The minimum atomic E-state index is -0.749. The molecule has 0 aromatic carbocycles. The van der Waals surface area contributed by atoms with E-state index in [1.54, 1.807) is 11.3 Å². The van der Waals surface area contributed by atoms with Crippen LogP contribution in [0.15, 0.2) is 0 Å². The number of fused-ring (bicyclic) bond motifs is 1. The van der Waals surface area contributed by atoms with Crippen molar-refractivity contribution in [2.24, 2.45) is 5.41 Å². The fourth-order valence-corrected chi connectivity index (χ4v) is 4.02. The summed E-state index contributed by atoms with van der Waals surface area (Å²) >= 11 is 1.62. The number of rotatable bonds is 6. The summed E-state index contributed by atoms with van der Waals surface area (Å²) in [6.45, 7) is 6.25. The minimum absolute atomic E-state index is 0.141. The minimum Gasteiger partial charge on any atom is -0.481 e. The number of thiazole rings is 1. The standard InChI is InChI=1S/C15H25N3O2S/c1-15(2,9-18(3)4)8-16-14-17-12-10(13(19)20)6-5-7-11(12)21-14/h10H,5-9H2,1-4H3,(H,16,17)(H,19,20). The molecule has 0 fully saturated rings. The Morgan fingerprint density at radius 2 is 2.24 bits per heavy atom. The lowest BCUT2D eigenvalue weighted by molar-refractivity contribution is -0.139. The molecule has 0 aliphatic heterocycles. The van der Waals surface area contributed by atoms with Gasteiger partial charge in [-0.15, -0.1) is 11.3 Å². The molecule has 1 aliphatic carbocycles. The van der Waals surface area contributed by atoms with Crippen LogP contribution < -0.4 is 5.32 Å². The number of carboxylic acid groups (broad SMARTS) is 1. The lowest BCUT2D eigenvalue weighted by Crippen LogP contribution is -2.34. The van der Waals surface area contributed by atoms with Crippen molar-refractivity contribution in [2.75, 3.05) is 32.5 Å². The zero-order valence-corrected chi connectivity index (χ0v) is 14.1. The van der Waals surface area contributed by atoms with Crippen LogP contribution in [0.25, 0.3) is 0 Å². The van der Waals surface area contributed by atoms with Crippen molar-refractivity contribution in [1.29, 1.82) is 0 Å². The average Bonchev–Trinajstić information content (AvgIpc) is 2.77. The Morgan fingerprint density at radius 3 is 2.86 bits per heavy atom. The first-order chi connectivity index (χ1) is 9.78. The summed E-state index contributed by atoms with van der Waals surface area (Å²) in [5, 5.41) is 13.5. The molecule has 2 rings (SSSR count). The first-order valence-corrected chi connectivity index (χ1v) is 8.21. The molecule has 2 N–H and O–H groups in total. The third-order valence-electron chi connectivity index (χ3n) is 3.71. The smallest absolute Gasteiger partial charge is 0.312 e. The van der Waals surface area contributed by atoms with Crippen LogP contribution in [0.5, 0.6) is 0 Å². The molecule has 0 saturated heterocycles. The molecule has 1 atom stereocenters. The molecule has 6 heteroatoms. The van der Waals surface area contributed by atoms with Gasteiger partial charge in [0.15, 0.2) is 5.13 Å². The molecule has 0 radical (unpaired) electrons. The molecule has 0 spiro atoms. The van der Waals surface area contributed by atoms with Gasteiger partial charge in [0.1, 0.15) is 5.92 Å². The highest BCUT2D eigenvalue weighted by atomic mass is 32.1. The van der Waals surface area contributed by atoms with Gasteiger partial charge in [-0.2, -0.15) is 0 Å². The highest BCUT2D eigenvalue weighted by molar-refractivity contribution is 7.15. The quantitative estimate of drug-likeness (QED) is 0.845. The van der Waals surface area contributed by atoms with Gasteiger partial charge in [0.25, 0.3) is 0 Å². The molecule has 118 valence electrons. The Morgan fingerprint density at radius 1 is 1.52 bits per heavy atom. The fourth-order valence-electron chi connectivity index (χ4n) is 2.96. The Bertz CT molecular complexity index is 511. The topological polar surface area (TPSA) is 65.5 Å². The summed E-state index contributed by atoms with van der Waals surface area (Å²) in [6.07, 6.45) is 2.61. The SMILES string of the molecule is CN(C)CC(C)(C)CNc1nc2c(s1)CCCC2C(=O)O. The summed E-state index contributed by atoms with van der Waals surface area (Å²) in [5.74, 6) is -1.17. The van der Waals surface area contributed by atoms with E-state index in [2.05, 4.69) is 43.1 Å². The molecule has 0 saturated carbocycles. The van der Waals surface area contributed by atoms with E-state index in [1.807, 2.05) is 0 Å². The van der Waals surface area contributed by atoms with Crippen LogP contribution in [-0.2, 0) is 11.2 Å². The number of aliphatic carboxylic acids is 1. The molecule has 5 nitrogen and oxygen atoms in total. The van der Waals surface area contributed by atoms with E-state index in [0.29, 0.717) is 6.42 Å². The second-order valence-electron chi connectivity index (χ2n) is 6.87. The summed E-state index contributed by atoms with van der Waals surface area (Å²) in [5.41, 5.74) is 0.925. The Balaban J connectivity index is 2.04. The molecular weight excluding hydrogens is 286 g/mol. The molecular formula is C15H25N3O2S. The van der Waals surface area contributed by atoms with Crippen molar-refractivity contribution >= 4 is 22.4 Å². The number of carboxylic acids is 1. The highest BCUT2D eigenvalue weighted by Crippen LogP contribution is 2.37. The van der Waals surface area contributed by atoms with Gasteiger partial charge in [0.2, 0.25) is 0 Å². The summed E-state index contributed by atoms with van der Waals surface area (Å²) in [6, 6.07) is 0. The fraction of sp³-hybridized carbons (Fsp3) is 0.733. The molecule has 1 aromatic rings. The zero-order chi connectivity index (χ0) is 15.6. The molecule has 1 heterocycles. The third kappa shape index (κ3) is 4.17. The summed E-state index contributed by atoms with van der Waals surface area (Å²) < 4.78 is 0. The van der Waals surface area contributed by atoms with Crippen molar-refractivity contribution in [1.82, 2.24) is 9.88 Å². The third-order valence-corrected chi connectivity index (χ3v) is 4.80. The van der Waals surface area contributed by atoms with E-state index in [0.717, 1.165) is 41.6 Å². The van der Waals surface area contributed by atoms with Crippen molar-refractivity contribution < 1.29 is 9.90 Å². The Hall–Kier alpha value is -1.14. The number of carbonyl (C=O) groups is 1. The van der Waals surface area contributed by atoms with Crippen LogP contribution in [0.1, 0.15) is 43.2 Å². The number of hydrogen-bond acceptors (Lipinski definition) is 5. The maximum Gasteiger partial charge on any atom is 0.312 e. The first-order valence-electron chi connectivity index (χ1n) is 7.39. The van der Waals surface area contributed by atoms with E-state index >= 15 is 0 Å². The van der Waals surface area contributed by atoms with Gasteiger partial charge in [0, 0.05) is 18.0 Å². The van der Waals surface area contributed by atoms with Crippen molar-refractivity contribution in [3.63, 3.8) is 0 Å². The number of hydrogen-bond donors (Lipinski definition) is 2. The highest BCUT2D eigenvalue weighted by Gasteiger charge is 2.30. The van der Waals surface area contributed by atoms with Crippen LogP contribution in [0.3, 0.4) is 0 Å². The molecule has 1 unspecified atom stereocenters. The monoisotopic (exact) mass is 311 g/mol. The number of aryl methyl sites for hydroxylation is 1. The molecule has 21 heavy (non-hydrogen) atoms. The molecule has 0 amide bonds. The van der Waals surface area contributed by atoms with Crippen LogP contribution in [-0.4, -0.2) is 48.1 Å². The summed E-state index contributed by atoms with van der Waals surface area (Å²) in [4.78, 5) is 19.2. The predicted molar refractivity (Wildman–Crippen MR) is 86.3 cm³/mol. The van der Waals surface area contributed by atoms with Crippen LogP contribution >= 0.6 is 11.3 Å². The van der Waals surface area contributed by atoms with Crippen molar-refractivity contribution in [2.45, 2.75) is 39.0 Å². The number of nitrogens with one attached hydrogen (secondary N) is 1. The summed E-state index contributed by atoms with van der Waals surface area (Å²) in [7, 11) is 4.14. The van der Waals surface area contributed by atoms with Crippen molar-refractivity contribution in [3.05, 3.63) is 10.6 Å². The van der Waals surface area contributed by atoms with E-state index < -0.39 is 11.9 Å². The van der Waals surface area contributed by atoms with Crippen LogP contribution in [0, 0.1) is 5.41 Å². The lowest BCUT2D eigenvalue weighted by Gasteiger charge is -2.28. The van der Waals surface area contributed by atoms with E-state index in [1.165, 1.54) is 0 Å². The number of nitrogens with zero attached hydrogens (tertiary/aromatic N) is 2. The van der Waals surface area contributed by atoms with E-state index in [9.17, 15) is 9.90 Å². The maximum atomic E-state index is 11.3. The largest absolute Gasteiger partial charge is 0.481 e. The average molecular weight is 311 g/mol. The molecule has 0 bridgehead atoms. The van der Waals surface area contributed by atoms with Crippen LogP contribution in [0.4, 0.5) is 5.13 Å². The van der Waals surface area contributed by atoms with Gasteiger partial charge in [-0.25, -0.2) is 4.98 Å². The van der Waals surface area contributed by atoms with E-state index in [4.69, 9.17) is 0 Å². The molecule has 1 aromatic heterocycles. The zero-order valence-electron chi connectivity index (χ0n) is 13.3. The second-order valence-corrected chi connectivity index (χ2v) is 7.95. The normalized spacial score (nSPS) is 18.6. The maximum absolute atomic E-state index is 11.3. The van der Waals surface area contributed by atoms with Gasteiger partial charge in [-0.1, -0.05) is 13.8 Å². The lowest BCUT2D eigenvalue weighted by atomic mass is 9.91. The first kappa shape index (κ1) is 16.2. The Kier molecular flexibility index (Phi) is 4.88. The van der Waals surface area contributed by atoms with Crippen LogP contribution in [0.2, 0.25) is 0 Å². The second kappa shape index (κ2) is 6.32.